The molecule has 1 aromatic carbocycles. The van der Waals surface area contributed by atoms with Gasteiger partial charge in [-0.05, 0) is 56.7 Å². The first-order chi connectivity index (χ1) is 14.2. The van der Waals surface area contributed by atoms with Crippen LogP contribution < -0.4 is 5.32 Å². The third kappa shape index (κ3) is 4.53. The Labute approximate surface area is 173 Å². The minimum atomic E-state index is 0.0784. The summed E-state index contributed by atoms with van der Waals surface area (Å²) in [5, 5.41) is 12.2. The van der Waals surface area contributed by atoms with Crippen molar-refractivity contribution >= 4 is 11.6 Å². The Kier molecular flexibility index (Phi) is 6.28. The number of carbonyl (C=O) groups excluding carboxylic acids is 1. The van der Waals surface area contributed by atoms with Gasteiger partial charge in [-0.15, -0.1) is 10.2 Å². The first-order valence-electron chi connectivity index (χ1n) is 11.2. The lowest BCUT2D eigenvalue weighted by Crippen LogP contribution is -2.40. The first kappa shape index (κ1) is 20.1. The summed E-state index contributed by atoms with van der Waals surface area (Å²) < 4.78 is 2.36. The van der Waals surface area contributed by atoms with Crippen LogP contribution in [0, 0.1) is 6.92 Å². The highest BCUT2D eigenvalue weighted by atomic mass is 16.2. The molecule has 0 saturated carbocycles. The molecule has 1 amide bonds. The predicted octanol–water partition coefficient (Wildman–Crippen LogP) is 3.69. The van der Waals surface area contributed by atoms with E-state index in [1.165, 1.54) is 24.8 Å². The molecule has 2 aliphatic rings. The Hall–Kier alpha value is -2.21. The van der Waals surface area contributed by atoms with Gasteiger partial charge in [-0.3, -0.25) is 9.69 Å². The van der Waals surface area contributed by atoms with Crippen LogP contribution in [0.15, 0.2) is 18.2 Å². The van der Waals surface area contributed by atoms with Gasteiger partial charge in [-0.25, -0.2) is 0 Å². The van der Waals surface area contributed by atoms with Gasteiger partial charge in [0, 0.05) is 31.1 Å². The number of carbonyl (C=O) groups is 1. The van der Waals surface area contributed by atoms with Crippen LogP contribution in [-0.2, 0) is 24.2 Å². The summed E-state index contributed by atoms with van der Waals surface area (Å²) in [4.78, 5) is 15.1. The second-order valence-electron chi connectivity index (χ2n) is 8.52. The van der Waals surface area contributed by atoms with Crippen LogP contribution in [0.4, 0.5) is 5.69 Å². The smallest absolute Gasteiger partial charge is 0.238 e. The fourth-order valence-corrected chi connectivity index (χ4v) is 4.80. The van der Waals surface area contributed by atoms with Gasteiger partial charge in [-0.2, -0.15) is 0 Å². The van der Waals surface area contributed by atoms with Crippen molar-refractivity contribution in [1.82, 2.24) is 19.7 Å². The zero-order valence-corrected chi connectivity index (χ0v) is 17.8. The lowest BCUT2D eigenvalue weighted by Gasteiger charge is -2.32. The number of likely N-dealkylation sites (tertiary alicyclic amines) is 1. The Balaban J connectivity index is 1.41. The van der Waals surface area contributed by atoms with E-state index in [2.05, 4.69) is 57.0 Å². The van der Waals surface area contributed by atoms with Crippen molar-refractivity contribution < 1.29 is 4.79 Å². The van der Waals surface area contributed by atoms with Crippen LogP contribution in [0.3, 0.4) is 0 Å². The summed E-state index contributed by atoms with van der Waals surface area (Å²) in [6.45, 7) is 7.53. The predicted molar refractivity (Wildman–Crippen MR) is 115 cm³/mol. The van der Waals surface area contributed by atoms with E-state index in [0.29, 0.717) is 12.5 Å². The van der Waals surface area contributed by atoms with Crippen molar-refractivity contribution in [1.29, 1.82) is 0 Å². The largest absolute Gasteiger partial charge is 0.324 e. The molecule has 2 aliphatic heterocycles. The maximum atomic E-state index is 12.8. The highest BCUT2D eigenvalue weighted by Crippen LogP contribution is 2.28. The number of aryl methyl sites for hydroxylation is 3. The van der Waals surface area contributed by atoms with Crippen molar-refractivity contribution in [3.05, 3.63) is 41.0 Å². The molecule has 6 nitrogen and oxygen atoms in total. The highest BCUT2D eigenvalue weighted by molar-refractivity contribution is 5.93. The number of para-hydroxylation sites is 1. The van der Waals surface area contributed by atoms with Gasteiger partial charge < -0.3 is 9.88 Å². The zero-order valence-electron chi connectivity index (χ0n) is 17.8. The molecule has 0 aliphatic carbocycles. The molecular weight excluding hydrogens is 362 g/mol. The topological polar surface area (TPSA) is 63.1 Å². The maximum Gasteiger partial charge on any atom is 0.238 e. The van der Waals surface area contributed by atoms with Crippen LogP contribution in [0.1, 0.15) is 67.7 Å². The Bertz CT molecular complexity index is 859. The summed E-state index contributed by atoms with van der Waals surface area (Å²) in [6, 6.07) is 6.21. The van der Waals surface area contributed by atoms with E-state index in [4.69, 9.17) is 0 Å². The molecule has 29 heavy (non-hydrogen) atoms. The van der Waals surface area contributed by atoms with Gasteiger partial charge in [0.05, 0.1) is 6.54 Å². The van der Waals surface area contributed by atoms with E-state index >= 15 is 0 Å². The average Bonchev–Trinajstić information content (AvgIpc) is 2.98. The normalized spacial score (nSPS) is 20.1. The number of anilines is 1. The molecule has 6 heteroatoms. The van der Waals surface area contributed by atoms with Crippen molar-refractivity contribution in [3.8, 4) is 0 Å². The van der Waals surface area contributed by atoms with Gasteiger partial charge >= 0.3 is 0 Å². The summed E-state index contributed by atoms with van der Waals surface area (Å²) in [7, 11) is 0. The quantitative estimate of drug-likeness (QED) is 0.839. The van der Waals surface area contributed by atoms with E-state index in [1.54, 1.807) is 0 Å². The van der Waals surface area contributed by atoms with Crippen LogP contribution in [0.25, 0.3) is 0 Å². The summed E-state index contributed by atoms with van der Waals surface area (Å²) >= 11 is 0. The molecule has 0 radical (unpaired) electrons. The SMILES string of the molecule is CCc1cccc(C)c1NC(=O)CN1CCCC(c2nnc3n2CCCCC3)C1. The van der Waals surface area contributed by atoms with Crippen LogP contribution in [-0.4, -0.2) is 45.2 Å². The molecule has 1 aromatic heterocycles. The van der Waals surface area contributed by atoms with Gasteiger partial charge in [-0.1, -0.05) is 31.5 Å². The fraction of sp³-hybridized carbons (Fsp3) is 0.609. The van der Waals surface area contributed by atoms with E-state index in [-0.39, 0.29) is 5.91 Å². The number of hydrogen-bond acceptors (Lipinski definition) is 4. The van der Waals surface area contributed by atoms with Gasteiger partial charge in [0.2, 0.25) is 5.91 Å². The summed E-state index contributed by atoms with van der Waals surface area (Å²) in [5.41, 5.74) is 3.30. The number of hydrogen-bond donors (Lipinski definition) is 1. The summed E-state index contributed by atoms with van der Waals surface area (Å²) in [6.07, 6.45) is 7.90. The van der Waals surface area contributed by atoms with Crippen molar-refractivity contribution in [3.63, 3.8) is 0 Å². The van der Waals surface area contributed by atoms with Crippen molar-refractivity contribution in [2.24, 2.45) is 0 Å². The van der Waals surface area contributed by atoms with E-state index < -0.39 is 0 Å². The summed E-state index contributed by atoms with van der Waals surface area (Å²) in [5.74, 6) is 2.74. The number of nitrogens with one attached hydrogen (secondary N) is 1. The van der Waals surface area contributed by atoms with Gasteiger partial charge in [0.1, 0.15) is 11.6 Å². The Morgan fingerprint density at radius 1 is 1.17 bits per heavy atom. The number of aromatic nitrogens is 3. The molecule has 1 unspecified atom stereocenters. The lowest BCUT2D eigenvalue weighted by atomic mass is 9.97. The third-order valence-electron chi connectivity index (χ3n) is 6.38. The number of piperidine rings is 1. The standard InChI is InChI=1S/C23H33N5O/c1-3-18-10-7-9-17(2)22(18)24-21(29)16-27-13-8-11-19(15-27)23-26-25-20-12-5-4-6-14-28(20)23/h7,9-10,19H,3-6,8,11-16H2,1-2H3,(H,24,29). The molecule has 1 saturated heterocycles. The highest BCUT2D eigenvalue weighted by Gasteiger charge is 2.28. The maximum absolute atomic E-state index is 12.8. The molecule has 1 fully saturated rings. The monoisotopic (exact) mass is 395 g/mol. The van der Waals surface area contributed by atoms with E-state index in [0.717, 1.165) is 68.2 Å². The third-order valence-corrected chi connectivity index (χ3v) is 6.38. The lowest BCUT2D eigenvalue weighted by molar-refractivity contribution is -0.117. The molecule has 0 spiro atoms. The van der Waals surface area contributed by atoms with E-state index in [9.17, 15) is 4.79 Å². The molecule has 0 bridgehead atoms. The van der Waals surface area contributed by atoms with Crippen molar-refractivity contribution in [2.45, 2.75) is 71.3 Å². The molecule has 3 heterocycles. The molecule has 1 atom stereocenters. The molecule has 4 rings (SSSR count). The number of nitrogens with zero attached hydrogens (tertiary/aromatic N) is 4. The number of fused-ring (bicyclic) bond motifs is 1. The van der Waals surface area contributed by atoms with Gasteiger partial charge in [0.15, 0.2) is 0 Å². The zero-order chi connectivity index (χ0) is 20.2. The second kappa shape index (κ2) is 9.08. The molecule has 1 N–H and O–H groups in total. The number of amides is 1. The average molecular weight is 396 g/mol. The van der Waals surface area contributed by atoms with E-state index in [1.807, 2.05) is 0 Å². The fourth-order valence-electron chi connectivity index (χ4n) is 4.80. The first-order valence-corrected chi connectivity index (χ1v) is 11.2. The minimum absolute atomic E-state index is 0.0784. The number of rotatable bonds is 5. The molecular formula is C23H33N5O. The number of benzene rings is 1. The Morgan fingerprint density at radius 2 is 2.07 bits per heavy atom. The van der Waals surface area contributed by atoms with Crippen LogP contribution in [0.5, 0.6) is 0 Å². The molecule has 156 valence electrons. The van der Waals surface area contributed by atoms with Gasteiger partial charge in [0.25, 0.3) is 0 Å². The Morgan fingerprint density at radius 3 is 2.93 bits per heavy atom. The molecule has 2 aromatic rings. The van der Waals surface area contributed by atoms with Crippen LogP contribution >= 0.6 is 0 Å². The second-order valence-corrected chi connectivity index (χ2v) is 8.52. The van der Waals surface area contributed by atoms with Crippen LogP contribution in [0.2, 0.25) is 0 Å². The van der Waals surface area contributed by atoms with Crippen molar-refractivity contribution in [2.75, 3.05) is 25.0 Å². The minimum Gasteiger partial charge on any atom is -0.324 e.